The summed E-state index contributed by atoms with van der Waals surface area (Å²) in [4.78, 5) is 47.8. The number of amides is 1. The van der Waals surface area contributed by atoms with E-state index in [-0.39, 0.29) is 0 Å². The van der Waals surface area contributed by atoms with Gasteiger partial charge in [0, 0.05) is 7.05 Å². The zero-order valence-corrected chi connectivity index (χ0v) is 14.2. The maximum absolute atomic E-state index is 12.2. The molecule has 0 heterocycles. The van der Waals surface area contributed by atoms with Gasteiger partial charge in [-0.3, -0.25) is 9.59 Å². The predicted molar refractivity (Wildman–Crippen MR) is 82.6 cm³/mol. The van der Waals surface area contributed by atoms with E-state index in [0.717, 1.165) is 10.2 Å². The van der Waals surface area contributed by atoms with Crippen molar-refractivity contribution < 1.29 is 30.1 Å². The van der Waals surface area contributed by atoms with Gasteiger partial charge in [-0.05, 0) is 34.7 Å². The van der Waals surface area contributed by atoms with Crippen molar-refractivity contribution in [1.29, 1.82) is 0 Å². The molecule has 0 spiro atoms. The third-order valence-electron chi connectivity index (χ3n) is 3.33. The van der Waals surface area contributed by atoms with Crippen molar-refractivity contribution in [1.82, 2.24) is 10.2 Å². The molecule has 0 saturated carbocycles. The van der Waals surface area contributed by atoms with E-state index < -0.39 is 47.8 Å². The minimum absolute atomic E-state index is 0.626. The molecular weight excluding hydrogens is 303 g/mol. The lowest BCUT2D eigenvalue weighted by molar-refractivity contribution is -0.165. The smallest absolute Gasteiger partial charge is 0.329 e. The average molecular weight is 327 g/mol. The van der Waals surface area contributed by atoms with Crippen LogP contribution in [0.4, 0.5) is 0 Å². The number of esters is 2. The normalized spacial score (nSPS) is 16.6. The summed E-state index contributed by atoms with van der Waals surface area (Å²) in [6.07, 6.45) is -2.26. The maximum atomic E-state index is 12.2. The molecule has 23 heavy (non-hydrogen) atoms. The van der Waals surface area contributed by atoms with E-state index in [4.69, 9.17) is 18.7 Å². The number of carbonyl (C=O) groups excluding carboxylic acids is 4. The van der Waals surface area contributed by atoms with Gasteiger partial charge in [0.1, 0.15) is 25.3 Å². The first-order valence-corrected chi connectivity index (χ1v) is 7.08. The molecule has 0 aliphatic carbocycles. The van der Waals surface area contributed by atoms with Gasteiger partial charge in [0.05, 0.1) is 0 Å². The number of hydrogen-bond donors (Lipinski definition) is 1. The number of ether oxygens (including phenoxy) is 2. The summed E-state index contributed by atoms with van der Waals surface area (Å²) < 4.78 is 17.1. The van der Waals surface area contributed by atoms with Crippen molar-refractivity contribution in [3.8, 4) is 0 Å². The fourth-order valence-electron chi connectivity index (χ4n) is 1.40. The third-order valence-corrected chi connectivity index (χ3v) is 3.33. The van der Waals surface area contributed by atoms with Crippen LogP contribution in [0.3, 0.4) is 0 Å². The van der Waals surface area contributed by atoms with Gasteiger partial charge in [0.15, 0.2) is 14.0 Å². The van der Waals surface area contributed by atoms with Gasteiger partial charge in [-0.25, -0.2) is 4.79 Å². The summed E-state index contributed by atoms with van der Waals surface area (Å²) >= 11 is 0. The fraction of sp³-hybridized carbons (Fsp3) is 0.714. The van der Waals surface area contributed by atoms with Gasteiger partial charge in [-0.2, -0.15) is 0 Å². The molecule has 0 saturated heterocycles. The molecule has 0 fully saturated rings. The largest absolute Gasteiger partial charge is 0.454 e. The molecule has 0 aromatic carbocycles. The van der Waals surface area contributed by atoms with Crippen LogP contribution in [0.15, 0.2) is 0 Å². The third kappa shape index (κ3) is 6.39. The second-order valence-corrected chi connectivity index (χ2v) is 5.12. The highest BCUT2D eigenvalue weighted by molar-refractivity contribution is 6.58. The van der Waals surface area contributed by atoms with E-state index in [0.29, 0.717) is 0 Å². The van der Waals surface area contributed by atoms with Crippen molar-refractivity contribution in [2.45, 2.75) is 52.0 Å². The highest BCUT2D eigenvalue weighted by Gasteiger charge is 2.30. The number of likely N-dealkylation sites (N-methyl/N-ethyl adjacent to an activating group) is 2. The molecule has 128 valence electrons. The Hall–Kier alpha value is -1.90. The summed E-state index contributed by atoms with van der Waals surface area (Å²) in [6, 6.07) is -1.85. The first-order chi connectivity index (χ1) is 10.9. The molecule has 0 aromatic rings. The van der Waals surface area contributed by atoms with Crippen molar-refractivity contribution in [3.05, 3.63) is 0 Å². The zero-order valence-electron chi connectivity index (χ0n) is 15.2. The minimum Gasteiger partial charge on any atom is -0.454 e. The first-order valence-electron chi connectivity index (χ1n) is 7.53. The Morgan fingerprint density at radius 1 is 1.04 bits per heavy atom. The average Bonchev–Trinajstić information content (AvgIpc) is 2.50. The van der Waals surface area contributed by atoms with Crippen LogP contribution in [-0.2, 0) is 28.7 Å². The highest BCUT2D eigenvalue weighted by Crippen LogP contribution is 2.07. The lowest BCUT2D eigenvalue weighted by atomic mass is 9.98. The van der Waals surface area contributed by atoms with Crippen LogP contribution in [0.25, 0.3) is 0 Å². The molecule has 1 amide bonds. The molecular formula is C14H23BN2O6. The zero-order chi connectivity index (χ0) is 19.2. The van der Waals surface area contributed by atoms with E-state index in [2.05, 4.69) is 0 Å². The van der Waals surface area contributed by atoms with Crippen LogP contribution in [0.2, 0.25) is 1.41 Å². The van der Waals surface area contributed by atoms with Crippen LogP contribution in [0.5, 0.6) is 0 Å². The van der Waals surface area contributed by atoms with E-state index in [1.807, 2.05) is 0 Å². The van der Waals surface area contributed by atoms with E-state index in [9.17, 15) is 19.2 Å². The van der Waals surface area contributed by atoms with Crippen molar-refractivity contribution in [2.75, 3.05) is 14.1 Å². The standard InChI is InChI=1S/C14H23BN2O6/c1-7(16-5)13(20)23-10(4)12(19)17(6)8(2)14(21)22-9(3)11(15)18/h7-10,16H,1-6H3/i/hD. The molecule has 4 atom stereocenters. The van der Waals surface area contributed by atoms with E-state index in [1.54, 1.807) is 0 Å². The Labute approximate surface area is 138 Å². The summed E-state index contributed by atoms with van der Waals surface area (Å²) in [5.41, 5.74) is -0.805. The van der Waals surface area contributed by atoms with Crippen molar-refractivity contribution >= 4 is 31.4 Å². The predicted octanol–water partition coefficient (Wildman–Crippen LogP) is -1.00. The monoisotopic (exact) mass is 327 g/mol. The SMILES string of the molecule is [2H]N(C)C(C)C(=O)OC(C)C(=O)N(C)C(C)C(=O)OC(C)C([B])=O. The van der Waals surface area contributed by atoms with Gasteiger partial charge in [0.2, 0.25) is 0 Å². The lowest BCUT2D eigenvalue weighted by Crippen LogP contribution is -2.48. The van der Waals surface area contributed by atoms with Gasteiger partial charge in [-0.1, -0.05) is 0 Å². The minimum atomic E-state index is -1.14. The van der Waals surface area contributed by atoms with E-state index >= 15 is 0 Å². The topological polar surface area (TPSA) is 102 Å². The summed E-state index contributed by atoms with van der Waals surface area (Å²) in [7, 11) is 7.72. The highest BCUT2D eigenvalue weighted by atomic mass is 16.6. The van der Waals surface area contributed by atoms with Crippen molar-refractivity contribution in [3.63, 3.8) is 0 Å². The van der Waals surface area contributed by atoms with Crippen LogP contribution in [0.1, 0.15) is 27.7 Å². The van der Waals surface area contributed by atoms with E-state index in [1.165, 1.54) is 41.8 Å². The van der Waals surface area contributed by atoms with Crippen molar-refractivity contribution in [2.24, 2.45) is 0 Å². The van der Waals surface area contributed by atoms with Gasteiger partial charge < -0.3 is 24.5 Å². The van der Waals surface area contributed by atoms with Crippen LogP contribution in [0, 0.1) is 0 Å². The molecule has 0 aliphatic rings. The first kappa shape index (κ1) is 19.2. The molecule has 4 unspecified atom stereocenters. The van der Waals surface area contributed by atoms with Gasteiger partial charge >= 0.3 is 11.9 Å². The van der Waals surface area contributed by atoms with Gasteiger partial charge in [-0.15, -0.1) is 0 Å². The molecule has 1 N–H and O–H groups in total. The van der Waals surface area contributed by atoms with Crippen LogP contribution >= 0.6 is 0 Å². The Bertz CT molecular complexity index is 502. The number of hydrogen-bond acceptors (Lipinski definition) is 7. The molecule has 0 aliphatic heterocycles. The number of rotatable bonds is 8. The quantitative estimate of drug-likeness (QED) is 0.451. The lowest BCUT2D eigenvalue weighted by Gasteiger charge is -2.27. The second-order valence-electron chi connectivity index (χ2n) is 5.12. The molecule has 0 bridgehead atoms. The second kappa shape index (κ2) is 9.29. The Balaban J connectivity index is 4.76. The molecule has 9 heteroatoms. The summed E-state index contributed by atoms with van der Waals surface area (Å²) in [5.74, 6) is -2.17. The molecule has 2 radical (unpaired) electrons. The Kier molecular flexibility index (Phi) is 7.74. The summed E-state index contributed by atoms with van der Waals surface area (Å²) in [5, 5.41) is 0.897. The maximum Gasteiger partial charge on any atom is 0.329 e. The number of nitrogens with zero attached hydrogens (tertiary/aromatic N) is 1. The van der Waals surface area contributed by atoms with Crippen LogP contribution in [-0.4, -0.2) is 74.7 Å². The van der Waals surface area contributed by atoms with Gasteiger partial charge in [0.25, 0.3) is 5.91 Å². The summed E-state index contributed by atoms with van der Waals surface area (Å²) in [6.45, 7) is 5.54. The fourth-order valence-corrected chi connectivity index (χ4v) is 1.40. The molecule has 0 rings (SSSR count). The van der Waals surface area contributed by atoms with Crippen LogP contribution < -0.4 is 5.31 Å². The molecule has 0 aromatic heterocycles. The number of carbonyl (C=O) groups is 4. The Morgan fingerprint density at radius 2 is 1.52 bits per heavy atom. The number of nitrogens with one attached hydrogen (secondary N) is 1. The molecule has 8 nitrogen and oxygen atoms in total. The Morgan fingerprint density at radius 3 is 1.96 bits per heavy atom.